The SMILES string of the molecule is C=CCCCCc1ccc(C=Nc2cc(F)c(-c3ccc(C)cc3)c(F)c2)cc1. The van der Waals surface area contributed by atoms with Crippen molar-refractivity contribution in [3.05, 3.63) is 102 Å². The Morgan fingerprint density at radius 3 is 2.17 bits per heavy atom. The van der Waals surface area contributed by atoms with Crippen LogP contribution in [0.2, 0.25) is 0 Å². The Hall–Kier alpha value is -3.07. The van der Waals surface area contributed by atoms with E-state index < -0.39 is 11.6 Å². The van der Waals surface area contributed by atoms with Gasteiger partial charge in [-0.15, -0.1) is 6.58 Å². The van der Waals surface area contributed by atoms with Crippen LogP contribution >= 0.6 is 0 Å². The van der Waals surface area contributed by atoms with Crippen molar-refractivity contribution in [3.8, 4) is 11.1 Å². The normalized spacial score (nSPS) is 11.1. The average molecular weight is 389 g/mol. The number of aliphatic imine (C=N–C) groups is 1. The monoisotopic (exact) mass is 389 g/mol. The molecule has 0 heterocycles. The highest BCUT2D eigenvalue weighted by molar-refractivity contribution is 5.82. The second-order valence-corrected chi connectivity index (χ2v) is 7.18. The van der Waals surface area contributed by atoms with Gasteiger partial charge in [0.25, 0.3) is 0 Å². The van der Waals surface area contributed by atoms with Crippen molar-refractivity contribution < 1.29 is 8.78 Å². The molecule has 0 aliphatic heterocycles. The molecule has 0 radical (unpaired) electrons. The van der Waals surface area contributed by atoms with Gasteiger partial charge in [0.2, 0.25) is 0 Å². The molecule has 0 aliphatic carbocycles. The molecule has 3 rings (SSSR count). The van der Waals surface area contributed by atoms with E-state index in [1.807, 2.05) is 37.3 Å². The van der Waals surface area contributed by atoms with Crippen molar-refractivity contribution in [2.75, 3.05) is 0 Å². The van der Waals surface area contributed by atoms with Crippen LogP contribution in [0.4, 0.5) is 14.5 Å². The smallest absolute Gasteiger partial charge is 0.136 e. The summed E-state index contributed by atoms with van der Waals surface area (Å²) in [5.74, 6) is -1.23. The number of unbranched alkanes of at least 4 members (excludes halogenated alkanes) is 2. The molecule has 0 unspecified atom stereocenters. The fraction of sp³-hybridized carbons (Fsp3) is 0.192. The van der Waals surface area contributed by atoms with Crippen LogP contribution in [-0.4, -0.2) is 6.21 Å². The Morgan fingerprint density at radius 2 is 1.55 bits per heavy atom. The van der Waals surface area contributed by atoms with Gasteiger partial charge in [-0.25, -0.2) is 8.78 Å². The molecule has 1 nitrogen and oxygen atoms in total. The molecule has 0 N–H and O–H groups in total. The summed E-state index contributed by atoms with van der Waals surface area (Å²) in [7, 11) is 0. The summed E-state index contributed by atoms with van der Waals surface area (Å²) < 4.78 is 29.1. The lowest BCUT2D eigenvalue weighted by Crippen LogP contribution is -1.91. The molecule has 0 fully saturated rings. The quantitative estimate of drug-likeness (QED) is 0.214. The van der Waals surface area contributed by atoms with Crippen molar-refractivity contribution in [1.29, 1.82) is 0 Å². The summed E-state index contributed by atoms with van der Waals surface area (Å²) in [5.41, 5.74) is 3.95. The lowest BCUT2D eigenvalue weighted by atomic mass is 10.0. The maximum absolute atomic E-state index is 14.5. The van der Waals surface area contributed by atoms with Crippen LogP contribution in [0.25, 0.3) is 11.1 Å². The van der Waals surface area contributed by atoms with Crippen molar-refractivity contribution in [2.24, 2.45) is 4.99 Å². The van der Waals surface area contributed by atoms with Gasteiger partial charge in [-0.3, -0.25) is 4.99 Å². The summed E-state index contributed by atoms with van der Waals surface area (Å²) in [4.78, 5) is 4.25. The zero-order valence-electron chi connectivity index (χ0n) is 16.7. The van der Waals surface area contributed by atoms with E-state index in [4.69, 9.17) is 0 Å². The molecule has 3 heteroatoms. The molecule has 0 aliphatic rings. The van der Waals surface area contributed by atoms with E-state index in [0.29, 0.717) is 5.56 Å². The largest absolute Gasteiger partial charge is 0.256 e. The lowest BCUT2D eigenvalue weighted by molar-refractivity contribution is 0.590. The van der Waals surface area contributed by atoms with Gasteiger partial charge in [0.1, 0.15) is 11.6 Å². The molecule has 148 valence electrons. The van der Waals surface area contributed by atoms with E-state index in [2.05, 4.69) is 23.7 Å². The van der Waals surface area contributed by atoms with E-state index in [-0.39, 0.29) is 11.3 Å². The summed E-state index contributed by atoms with van der Waals surface area (Å²) in [6, 6.07) is 17.7. The molecule has 0 spiro atoms. The number of nitrogens with zero attached hydrogens (tertiary/aromatic N) is 1. The summed E-state index contributed by atoms with van der Waals surface area (Å²) in [6.45, 7) is 5.67. The molecule has 0 atom stereocenters. The predicted octanol–water partition coefficient (Wildman–Crippen LogP) is 7.59. The van der Waals surface area contributed by atoms with E-state index in [1.165, 1.54) is 17.7 Å². The Balaban J connectivity index is 1.70. The lowest BCUT2D eigenvalue weighted by Gasteiger charge is -2.07. The molecule has 3 aromatic rings. The first-order chi connectivity index (χ1) is 14.1. The Kier molecular flexibility index (Phi) is 7.07. The molecule has 0 saturated heterocycles. The third-order valence-electron chi connectivity index (χ3n) is 4.83. The third-order valence-corrected chi connectivity index (χ3v) is 4.83. The first kappa shape index (κ1) is 20.7. The molecular weight excluding hydrogens is 364 g/mol. The van der Waals surface area contributed by atoms with Gasteiger partial charge in [0, 0.05) is 18.3 Å². The highest BCUT2D eigenvalue weighted by Crippen LogP contribution is 2.30. The Labute approximate surface area is 171 Å². The van der Waals surface area contributed by atoms with Gasteiger partial charge in [-0.1, -0.05) is 60.2 Å². The minimum Gasteiger partial charge on any atom is -0.256 e. The highest BCUT2D eigenvalue weighted by atomic mass is 19.1. The standard InChI is InChI=1S/C26H25F2N/c1-3-4-5-6-7-20-10-12-21(13-11-20)18-29-23-16-24(27)26(25(28)17-23)22-14-8-19(2)9-15-22/h3,8-18H,1,4-7H2,2H3. The van der Waals surface area contributed by atoms with Crippen LogP contribution in [0.3, 0.4) is 0 Å². The molecule has 0 saturated carbocycles. The number of aryl methyl sites for hydroxylation is 2. The minimum absolute atomic E-state index is 0.0234. The van der Waals surface area contributed by atoms with E-state index in [0.717, 1.165) is 36.8 Å². The van der Waals surface area contributed by atoms with Crippen molar-refractivity contribution in [1.82, 2.24) is 0 Å². The first-order valence-electron chi connectivity index (χ1n) is 9.87. The van der Waals surface area contributed by atoms with Crippen LogP contribution < -0.4 is 0 Å². The maximum atomic E-state index is 14.5. The Bertz CT molecular complexity index is 963. The van der Waals surface area contributed by atoms with E-state index >= 15 is 0 Å². The third kappa shape index (κ3) is 5.71. The second kappa shape index (κ2) is 9.92. The number of hydrogen-bond acceptors (Lipinski definition) is 1. The molecule has 0 amide bonds. The topological polar surface area (TPSA) is 12.4 Å². The van der Waals surface area contributed by atoms with Gasteiger partial charge in [-0.05, 0) is 49.3 Å². The van der Waals surface area contributed by atoms with Gasteiger partial charge >= 0.3 is 0 Å². The van der Waals surface area contributed by atoms with E-state index in [1.54, 1.807) is 18.3 Å². The van der Waals surface area contributed by atoms with Crippen molar-refractivity contribution in [3.63, 3.8) is 0 Å². The van der Waals surface area contributed by atoms with Gasteiger partial charge in [-0.2, -0.15) is 0 Å². The van der Waals surface area contributed by atoms with E-state index in [9.17, 15) is 8.78 Å². The number of hydrogen-bond donors (Lipinski definition) is 0. The number of halogens is 2. The van der Waals surface area contributed by atoms with Crippen LogP contribution in [0, 0.1) is 18.6 Å². The minimum atomic E-state index is -0.615. The fourth-order valence-corrected chi connectivity index (χ4v) is 3.17. The second-order valence-electron chi connectivity index (χ2n) is 7.18. The maximum Gasteiger partial charge on any atom is 0.136 e. The van der Waals surface area contributed by atoms with Crippen LogP contribution in [-0.2, 0) is 6.42 Å². The first-order valence-corrected chi connectivity index (χ1v) is 9.87. The predicted molar refractivity (Wildman–Crippen MR) is 118 cm³/mol. The van der Waals surface area contributed by atoms with Crippen LogP contribution in [0.5, 0.6) is 0 Å². The number of rotatable bonds is 8. The van der Waals surface area contributed by atoms with Gasteiger partial charge < -0.3 is 0 Å². The zero-order valence-corrected chi connectivity index (χ0v) is 16.7. The van der Waals surface area contributed by atoms with Crippen molar-refractivity contribution in [2.45, 2.75) is 32.6 Å². The Morgan fingerprint density at radius 1 is 0.897 bits per heavy atom. The van der Waals surface area contributed by atoms with Gasteiger partial charge in [0.05, 0.1) is 11.3 Å². The molecule has 0 aromatic heterocycles. The highest BCUT2D eigenvalue weighted by Gasteiger charge is 2.13. The zero-order chi connectivity index (χ0) is 20.6. The number of allylic oxidation sites excluding steroid dienone is 1. The molecule has 3 aromatic carbocycles. The van der Waals surface area contributed by atoms with Gasteiger partial charge in [0.15, 0.2) is 0 Å². The molecular formula is C26H25F2N. The fourth-order valence-electron chi connectivity index (χ4n) is 3.17. The number of benzene rings is 3. The van der Waals surface area contributed by atoms with Crippen LogP contribution in [0.1, 0.15) is 36.0 Å². The summed E-state index contributed by atoms with van der Waals surface area (Å²) in [5, 5.41) is 0. The average Bonchev–Trinajstić information content (AvgIpc) is 2.71. The molecule has 0 bridgehead atoms. The van der Waals surface area contributed by atoms with Crippen molar-refractivity contribution >= 4 is 11.9 Å². The summed E-state index contributed by atoms with van der Waals surface area (Å²) in [6.07, 6.45) is 7.91. The summed E-state index contributed by atoms with van der Waals surface area (Å²) >= 11 is 0. The molecule has 29 heavy (non-hydrogen) atoms. The van der Waals surface area contributed by atoms with Crippen LogP contribution in [0.15, 0.2) is 78.3 Å².